The van der Waals surface area contributed by atoms with Crippen molar-refractivity contribution in [3.63, 3.8) is 0 Å². The SMILES string of the molecule is CCOC(=O)c1cc2cc(CN3CC[C@@H](F)C3)ccc2n1S(=O)(=O)c1ccc(C)cc1. The minimum atomic E-state index is -4.02. The first-order chi connectivity index (χ1) is 14.8. The molecule has 3 aromatic rings. The lowest BCUT2D eigenvalue weighted by molar-refractivity contribution is 0.0518. The van der Waals surface area contributed by atoms with E-state index in [1.54, 1.807) is 31.2 Å². The molecule has 1 atom stereocenters. The second kappa shape index (κ2) is 8.43. The van der Waals surface area contributed by atoms with Crippen LogP contribution in [0.1, 0.15) is 35.0 Å². The van der Waals surface area contributed by atoms with E-state index in [-0.39, 0.29) is 17.2 Å². The summed E-state index contributed by atoms with van der Waals surface area (Å²) in [6.45, 7) is 5.34. The van der Waals surface area contributed by atoms with E-state index >= 15 is 0 Å². The van der Waals surface area contributed by atoms with Crippen molar-refractivity contribution in [1.82, 2.24) is 8.87 Å². The summed E-state index contributed by atoms with van der Waals surface area (Å²) in [4.78, 5) is 14.7. The van der Waals surface area contributed by atoms with Crippen molar-refractivity contribution in [2.24, 2.45) is 0 Å². The Morgan fingerprint density at radius 3 is 2.55 bits per heavy atom. The zero-order chi connectivity index (χ0) is 22.2. The molecule has 1 aliphatic rings. The Labute approximate surface area is 181 Å². The van der Waals surface area contributed by atoms with Gasteiger partial charge in [0.15, 0.2) is 0 Å². The van der Waals surface area contributed by atoms with Crippen LogP contribution in [0.3, 0.4) is 0 Å². The van der Waals surface area contributed by atoms with Crippen molar-refractivity contribution < 1.29 is 22.3 Å². The normalized spacial score (nSPS) is 17.3. The van der Waals surface area contributed by atoms with E-state index in [2.05, 4.69) is 0 Å². The maximum Gasteiger partial charge on any atom is 0.356 e. The largest absolute Gasteiger partial charge is 0.461 e. The molecule has 0 spiro atoms. The van der Waals surface area contributed by atoms with Gasteiger partial charge in [0.1, 0.15) is 11.9 Å². The molecule has 0 unspecified atom stereocenters. The summed E-state index contributed by atoms with van der Waals surface area (Å²) in [6.07, 6.45) is -0.277. The standard InChI is InChI=1S/C23H25FN2O4S/c1-3-30-23(27)22-13-18-12-17(14-25-11-10-19(24)15-25)6-9-21(18)26(22)31(28,29)20-7-4-16(2)5-8-20/h4-9,12-13,19H,3,10-11,14-15H2,1-2H3/t19-/m1/s1. The number of halogens is 1. The fraction of sp³-hybridized carbons (Fsp3) is 0.348. The van der Waals surface area contributed by atoms with Crippen molar-refractivity contribution in [3.05, 3.63) is 65.4 Å². The van der Waals surface area contributed by atoms with Crippen LogP contribution >= 0.6 is 0 Å². The molecule has 1 saturated heterocycles. The minimum absolute atomic E-state index is 0.0421. The van der Waals surface area contributed by atoms with E-state index in [9.17, 15) is 17.6 Å². The van der Waals surface area contributed by atoms with E-state index in [1.165, 1.54) is 12.1 Å². The van der Waals surface area contributed by atoms with Gasteiger partial charge >= 0.3 is 5.97 Å². The van der Waals surface area contributed by atoms with Gasteiger partial charge in [-0.1, -0.05) is 23.8 Å². The predicted octanol–water partition coefficient (Wildman–Crippen LogP) is 3.91. The van der Waals surface area contributed by atoms with E-state index in [0.29, 0.717) is 37.0 Å². The smallest absolute Gasteiger partial charge is 0.356 e. The summed E-state index contributed by atoms with van der Waals surface area (Å²) < 4.78 is 46.6. The summed E-state index contributed by atoms with van der Waals surface area (Å²) in [6, 6.07) is 13.4. The van der Waals surface area contributed by atoms with Crippen LogP contribution in [0, 0.1) is 6.92 Å². The summed E-state index contributed by atoms with van der Waals surface area (Å²) in [5, 5.41) is 0.618. The Hall–Kier alpha value is -2.71. The topological polar surface area (TPSA) is 68.6 Å². The highest BCUT2D eigenvalue weighted by Crippen LogP contribution is 2.28. The van der Waals surface area contributed by atoms with Crippen LogP contribution in [0.15, 0.2) is 53.4 Å². The summed E-state index contributed by atoms with van der Waals surface area (Å²) >= 11 is 0. The number of aryl methyl sites for hydroxylation is 1. The number of rotatable bonds is 6. The first-order valence-corrected chi connectivity index (χ1v) is 11.7. The van der Waals surface area contributed by atoms with Crippen LogP contribution in [0.25, 0.3) is 10.9 Å². The maximum atomic E-state index is 13.5. The average molecular weight is 445 g/mol. The van der Waals surface area contributed by atoms with Crippen molar-refractivity contribution in [3.8, 4) is 0 Å². The second-order valence-corrected chi connectivity index (χ2v) is 9.63. The molecule has 1 aliphatic heterocycles. The Bertz CT molecular complexity index is 1220. The van der Waals surface area contributed by atoms with E-state index in [0.717, 1.165) is 15.1 Å². The molecule has 6 nitrogen and oxygen atoms in total. The number of fused-ring (bicyclic) bond motifs is 1. The molecule has 0 radical (unpaired) electrons. The van der Waals surface area contributed by atoms with Gasteiger partial charge in [-0.05, 0) is 56.2 Å². The first-order valence-electron chi connectivity index (χ1n) is 10.3. The molecule has 0 aliphatic carbocycles. The fourth-order valence-corrected chi connectivity index (χ4v) is 5.45. The maximum absolute atomic E-state index is 13.5. The van der Waals surface area contributed by atoms with Crippen LogP contribution in [-0.2, 0) is 21.3 Å². The zero-order valence-corrected chi connectivity index (χ0v) is 18.4. The van der Waals surface area contributed by atoms with Crippen LogP contribution in [0.2, 0.25) is 0 Å². The molecule has 0 amide bonds. The fourth-order valence-electron chi connectivity index (χ4n) is 3.95. The number of carbonyl (C=O) groups is 1. The molecular formula is C23H25FN2O4S. The van der Waals surface area contributed by atoms with Crippen LogP contribution in [-0.4, -0.2) is 49.1 Å². The highest BCUT2D eigenvalue weighted by molar-refractivity contribution is 7.90. The first kappa shape index (κ1) is 21.5. The van der Waals surface area contributed by atoms with Gasteiger partial charge in [-0.25, -0.2) is 21.6 Å². The highest BCUT2D eigenvalue weighted by atomic mass is 32.2. The number of aromatic nitrogens is 1. The molecular weight excluding hydrogens is 419 g/mol. The van der Waals surface area contributed by atoms with Gasteiger partial charge in [0.05, 0.1) is 17.0 Å². The summed E-state index contributed by atoms with van der Waals surface area (Å²) in [5.74, 6) is -0.698. The van der Waals surface area contributed by atoms with Gasteiger partial charge in [-0.15, -0.1) is 0 Å². The number of benzene rings is 2. The predicted molar refractivity (Wildman–Crippen MR) is 116 cm³/mol. The van der Waals surface area contributed by atoms with Crippen LogP contribution in [0.4, 0.5) is 4.39 Å². The van der Waals surface area contributed by atoms with Crippen molar-refractivity contribution in [1.29, 1.82) is 0 Å². The molecule has 4 rings (SSSR count). The monoisotopic (exact) mass is 444 g/mol. The van der Waals surface area contributed by atoms with E-state index < -0.39 is 22.2 Å². The molecule has 0 bridgehead atoms. The summed E-state index contributed by atoms with van der Waals surface area (Å²) in [5.41, 5.74) is 2.22. The van der Waals surface area contributed by atoms with Crippen LogP contribution < -0.4 is 0 Å². The molecule has 0 saturated carbocycles. The number of nitrogens with zero attached hydrogens (tertiary/aromatic N) is 2. The number of hydrogen-bond donors (Lipinski definition) is 0. The molecule has 8 heteroatoms. The highest BCUT2D eigenvalue weighted by Gasteiger charge is 2.28. The molecule has 0 N–H and O–H groups in total. The number of likely N-dealkylation sites (tertiary alicyclic amines) is 1. The quantitative estimate of drug-likeness (QED) is 0.540. The molecule has 164 valence electrons. The molecule has 1 fully saturated rings. The third-order valence-corrected chi connectivity index (χ3v) is 7.23. The van der Waals surface area contributed by atoms with Crippen molar-refractivity contribution in [2.45, 2.75) is 37.9 Å². The number of ether oxygens (including phenoxy) is 1. The minimum Gasteiger partial charge on any atom is -0.461 e. The van der Waals surface area contributed by atoms with Gasteiger partial charge in [0.2, 0.25) is 0 Å². The van der Waals surface area contributed by atoms with Gasteiger partial charge < -0.3 is 4.74 Å². The number of hydrogen-bond acceptors (Lipinski definition) is 5. The Balaban J connectivity index is 1.81. The Morgan fingerprint density at radius 2 is 1.90 bits per heavy atom. The van der Waals surface area contributed by atoms with Gasteiger partial charge in [-0.3, -0.25) is 4.90 Å². The Morgan fingerprint density at radius 1 is 1.16 bits per heavy atom. The molecule has 31 heavy (non-hydrogen) atoms. The van der Waals surface area contributed by atoms with E-state index in [1.807, 2.05) is 24.0 Å². The van der Waals surface area contributed by atoms with Gasteiger partial charge in [0, 0.05) is 25.0 Å². The average Bonchev–Trinajstić information content (AvgIpc) is 3.32. The third kappa shape index (κ3) is 4.22. The molecule has 2 aromatic carbocycles. The Kier molecular flexibility index (Phi) is 5.85. The molecule has 1 aromatic heterocycles. The van der Waals surface area contributed by atoms with Gasteiger partial charge in [0.25, 0.3) is 10.0 Å². The second-order valence-electron chi connectivity index (χ2n) is 7.85. The van der Waals surface area contributed by atoms with Crippen LogP contribution in [0.5, 0.6) is 0 Å². The number of alkyl halides is 1. The zero-order valence-electron chi connectivity index (χ0n) is 17.5. The van der Waals surface area contributed by atoms with E-state index in [4.69, 9.17) is 4.74 Å². The summed E-state index contributed by atoms with van der Waals surface area (Å²) in [7, 11) is -4.02. The number of carbonyl (C=O) groups excluding carboxylic acids is 1. The van der Waals surface area contributed by atoms with Crippen molar-refractivity contribution in [2.75, 3.05) is 19.7 Å². The lowest BCUT2D eigenvalue weighted by Crippen LogP contribution is -2.20. The van der Waals surface area contributed by atoms with Gasteiger partial charge in [-0.2, -0.15) is 0 Å². The lowest BCUT2D eigenvalue weighted by atomic mass is 10.1. The number of esters is 1. The third-order valence-electron chi connectivity index (χ3n) is 5.49. The lowest BCUT2D eigenvalue weighted by Gasteiger charge is -2.15. The molecule has 2 heterocycles. The van der Waals surface area contributed by atoms with Crippen molar-refractivity contribution >= 4 is 26.9 Å².